The molecule has 6 nitrogen and oxygen atoms in total. The molecule has 0 bridgehead atoms. The van der Waals surface area contributed by atoms with E-state index in [4.69, 9.17) is 5.73 Å². The van der Waals surface area contributed by atoms with Gasteiger partial charge in [0.25, 0.3) is 0 Å². The molecule has 1 aromatic carbocycles. The summed E-state index contributed by atoms with van der Waals surface area (Å²) in [6, 6.07) is 6.65. The minimum absolute atomic E-state index is 0.127. The van der Waals surface area contributed by atoms with Crippen LogP contribution in [0.25, 0.3) is 0 Å². The average molecular weight is 253 g/mol. The Labute approximate surface area is 98.5 Å². The molecule has 2 aromatic rings. The first kappa shape index (κ1) is 11.5. The molecule has 0 radical (unpaired) electrons. The fourth-order valence-corrected chi connectivity index (χ4v) is 2.47. The van der Waals surface area contributed by atoms with Crippen molar-refractivity contribution in [1.29, 1.82) is 0 Å². The van der Waals surface area contributed by atoms with Gasteiger partial charge in [0.2, 0.25) is 10.0 Å². The molecule has 0 saturated carbocycles. The van der Waals surface area contributed by atoms with Gasteiger partial charge in [-0.15, -0.1) is 0 Å². The van der Waals surface area contributed by atoms with E-state index in [1.54, 1.807) is 24.3 Å². The highest BCUT2D eigenvalue weighted by molar-refractivity contribution is 7.91. The van der Waals surface area contributed by atoms with Crippen molar-refractivity contribution >= 4 is 21.4 Å². The van der Waals surface area contributed by atoms with Crippen molar-refractivity contribution in [3.8, 4) is 0 Å². The van der Waals surface area contributed by atoms with E-state index in [1.165, 1.54) is 12.5 Å². The van der Waals surface area contributed by atoms with E-state index >= 15 is 0 Å². The Hall–Kier alpha value is -2.02. The van der Waals surface area contributed by atoms with Crippen LogP contribution in [0.2, 0.25) is 0 Å². The minimum atomic E-state index is -3.46. The van der Waals surface area contributed by atoms with Crippen molar-refractivity contribution in [2.24, 2.45) is 0 Å². The predicted molar refractivity (Wildman–Crippen MR) is 63.6 cm³/mol. The molecular formula is C10H11N3O3S. The molecule has 0 saturated heterocycles. The molecule has 17 heavy (non-hydrogen) atoms. The van der Waals surface area contributed by atoms with Crippen LogP contribution in [0.15, 0.2) is 41.2 Å². The molecule has 0 atom stereocenters. The van der Waals surface area contributed by atoms with E-state index < -0.39 is 10.0 Å². The molecule has 2 rings (SSSR count). The van der Waals surface area contributed by atoms with E-state index in [2.05, 4.69) is 14.4 Å². The summed E-state index contributed by atoms with van der Waals surface area (Å²) in [5.74, 6) is -0.127. The molecule has 3 N–H and O–H groups in total. The van der Waals surface area contributed by atoms with E-state index in [-0.39, 0.29) is 5.75 Å². The van der Waals surface area contributed by atoms with Crippen LogP contribution in [-0.4, -0.2) is 13.6 Å². The van der Waals surface area contributed by atoms with Gasteiger partial charge in [-0.2, -0.15) is 0 Å². The smallest absolute Gasteiger partial charge is 0.237 e. The summed E-state index contributed by atoms with van der Waals surface area (Å²) >= 11 is 0. The minimum Gasteiger partial charge on any atom is -0.399 e. The SMILES string of the molecule is Nc1ccc(CS(=O)(=O)Nc2cnoc2)cc1. The number of nitrogen functional groups attached to an aromatic ring is 1. The van der Waals surface area contributed by atoms with Crippen LogP contribution in [0, 0.1) is 0 Å². The normalized spacial score (nSPS) is 11.3. The van der Waals surface area contributed by atoms with Gasteiger partial charge in [0, 0.05) is 5.69 Å². The lowest BCUT2D eigenvalue weighted by atomic mass is 10.2. The number of aromatic nitrogens is 1. The Morgan fingerprint density at radius 1 is 1.29 bits per heavy atom. The second kappa shape index (κ2) is 4.46. The lowest BCUT2D eigenvalue weighted by molar-refractivity contribution is 0.420. The van der Waals surface area contributed by atoms with Crippen LogP contribution in [-0.2, 0) is 15.8 Å². The van der Waals surface area contributed by atoms with E-state index in [0.717, 1.165) is 0 Å². The molecule has 0 aliphatic rings. The van der Waals surface area contributed by atoms with Crippen molar-refractivity contribution in [2.75, 3.05) is 10.5 Å². The first-order valence-electron chi connectivity index (χ1n) is 4.79. The Morgan fingerprint density at radius 2 is 2.00 bits per heavy atom. The molecular weight excluding hydrogens is 242 g/mol. The molecule has 1 heterocycles. The Bertz CT molecular complexity index is 576. The summed E-state index contributed by atoms with van der Waals surface area (Å²) in [7, 11) is -3.46. The molecule has 0 aliphatic heterocycles. The lowest BCUT2D eigenvalue weighted by Crippen LogP contribution is -2.14. The van der Waals surface area contributed by atoms with Crippen molar-refractivity contribution in [2.45, 2.75) is 5.75 Å². The highest BCUT2D eigenvalue weighted by Gasteiger charge is 2.12. The highest BCUT2D eigenvalue weighted by atomic mass is 32.2. The maximum absolute atomic E-state index is 11.7. The summed E-state index contributed by atoms with van der Waals surface area (Å²) in [5, 5.41) is 3.41. The van der Waals surface area contributed by atoms with Crippen LogP contribution in [0.5, 0.6) is 0 Å². The molecule has 0 spiro atoms. The fraction of sp³-hybridized carbons (Fsp3) is 0.100. The molecule has 0 fully saturated rings. The van der Waals surface area contributed by atoms with E-state index in [1.807, 2.05) is 0 Å². The summed E-state index contributed by atoms with van der Waals surface area (Å²) < 4.78 is 30.4. The Morgan fingerprint density at radius 3 is 2.59 bits per heavy atom. The van der Waals surface area contributed by atoms with Crippen LogP contribution in [0.4, 0.5) is 11.4 Å². The number of sulfonamides is 1. The summed E-state index contributed by atoms with van der Waals surface area (Å²) in [5.41, 5.74) is 7.07. The summed E-state index contributed by atoms with van der Waals surface area (Å²) in [6.45, 7) is 0. The van der Waals surface area contributed by atoms with Crippen molar-refractivity contribution < 1.29 is 12.9 Å². The average Bonchev–Trinajstić information content (AvgIpc) is 2.73. The van der Waals surface area contributed by atoms with Gasteiger partial charge in [0.05, 0.1) is 11.9 Å². The maximum atomic E-state index is 11.7. The second-order valence-electron chi connectivity index (χ2n) is 3.52. The van der Waals surface area contributed by atoms with Gasteiger partial charge in [0.1, 0.15) is 12.0 Å². The second-order valence-corrected chi connectivity index (χ2v) is 5.24. The number of rotatable bonds is 4. The number of nitrogens with two attached hydrogens (primary N) is 1. The van der Waals surface area contributed by atoms with Gasteiger partial charge in [-0.3, -0.25) is 4.72 Å². The highest BCUT2D eigenvalue weighted by Crippen LogP contribution is 2.12. The first-order valence-corrected chi connectivity index (χ1v) is 6.45. The van der Waals surface area contributed by atoms with Crippen LogP contribution < -0.4 is 10.5 Å². The van der Waals surface area contributed by atoms with Gasteiger partial charge >= 0.3 is 0 Å². The number of anilines is 2. The topological polar surface area (TPSA) is 98.2 Å². The Balaban J connectivity index is 2.09. The van der Waals surface area contributed by atoms with Gasteiger partial charge in [-0.05, 0) is 17.7 Å². The molecule has 1 aromatic heterocycles. The number of hydrogen-bond donors (Lipinski definition) is 2. The van der Waals surface area contributed by atoms with Crippen molar-refractivity contribution in [3.05, 3.63) is 42.3 Å². The number of nitrogens with zero attached hydrogens (tertiary/aromatic N) is 1. The lowest BCUT2D eigenvalue weighted by Gasteiger charge is -2.05. The van der Waals surface area contributed by atoms with Gasteiger partial charge in [-0.1, -0.05) is 17.3 Å². The van der Waals surface area contributed by atoms with Crippen molar-refractivity contribution in [1.82, 2.24) is 5.16 Å². The monoisotopic (exact) mass is 253 g/mol. The molecule has 0 amide bonds. The zero-order chi connectivity index (χ0) is 12.3. The molecule has 90 valence electrons. The van der Waals surface area contributed by atoms with Crippen molar-refractivity contribution in [3.63, 3.8) is 0 Å². The standard InChI is InChI=1S/C10H11N3O3S/c11-9-3-1-8(2-4-9)7-17(14,15)13-10-5-12-16-6-10/h1-6,13H,7,11H2. The zero-order valence-corrected chi connectivity index (χ0v) is 9.65. The molecule has 0 unspecified atom stereocenters. The molecule has 0 aliphatic carbocycles. The summed E-state index contributed by atoms with van der Waals surface area (Å²) in [6.07, 6.45) is 2.51. The number of benzene rings is 1. The van der Waals surface area contributed by atoms with E-state index in [0.29, 0.717) is 16.9 Å². The van der Waals surface area contributed by atoms with Gasteiger partial charge < -0.3 is 10.3 Å². The van der Waals surface area contributed by atoms with E-state index in [9.17, 15) is 8.42 Å². The molecule has 7 heteroatoms. The first-order chi connectivity index (χ1) is 8.05. The predicted octanol–water partition coefficient (Wildman–Crippen LogP) is 1.20. The zero-order valence-electron chi connectivity index (χ0n) is 8.83. The number of nitrogens with one attached hydrogen (secondary N) is 1. The fourth-order valence-electron chi connectivity index (χ4n) is 1.30. The largest absolute Gasteiger partial charge is 0.399 e. The third kappa shape index (κ3) is 3.22. The number of hydrogen-bond acceptors (Lipinski definition) is 5. The third-order valence-corrected chi connectivity index (χ3v) is 3.30. The third-order valence-electron chi connectivity index (χ3n) is 2.04. The van der Waals surface area contributed by atoms with Crippen LogP contribution in [0.3, 0.4) is 0 Å². The Kier molecular flexibility index (Phi) is 3.01. The van der Waals surface area contributed by atoms with Gasteiger partial charge in [-0.25, -0.2) is 8.42 Å². The maximum Gasteiger partial charge on any atom is 0.237 e. The van der Waals surface area contributed by atoms with Crippen LogP contribution in [0.1, 0.15) is 5.56 Å². The summed E-state index contributed by atoms with van der Waals surface area (Å²) in [4.78, 5) is 0. The van der Waals surface area contributed by atoms with Gasteiger partial charge in [0.15, 0.2) is 0 Å². The quantitative estimate of drug-likeness (QED) is 0.798. The van der Waals surface area contributed by atoms with Crippen LogP contribution >= 0.6 is 0 Å².